The smallest absolute Gasteiger partial charge is 0.308 e. The van der Waals surface area contributed by atoms with Gasteiger partial charge in [-0.2, -0.15) is 0 Å². The highest BCUT2D eigenvalue weighted by atomic mass is 16.5. The van der Waals surface area contributed by atoms with Gasteiger partial charge in [0, 0.05) is 19.0 Å². The summed E-state index contributed by atoms with van der Waals surface area (Å²) in [6.45, 7) is 2.97. The quantitative estimate of drug-likeness (QED) is 0.594. The number of amides is 1. The second-order valence-corrected chi connectivity index (χ2v) is 6.48. The minimum Gasteiger partial charge on any atom is -0.503 e. The van der Waals surface area contributed by atoms with Crippen LogP contribution in [0.2, 0.25) is 0 Å². The van der Waals surface area contributed by atoms with Crippen LogP contribution in [0.5, 0.6) is 11.5 Å². The molecule has 3 rings (SSSR count). The van der Waals surface area contributed by atoms with Crippen molar-refractivity contribution in [2.75, 3.05) is 12.0 Å². The number of aliphatic hydroxyl groups excluding tert-OH is 1. The molecule has 1 aliphatic heterocycles. The van der Waals surface area contributed by atoms with Gasteiger partial charge in [0.25, 0.3) is 5.91 Å². The molecule has 7 nitrogen and oxygen atoms in total. The number of esters is 1. The number of anilines is 1. The molecule has 1 heterocycles. The Balaban J connectivity index is 2.08. The van der Waals surface area contributed by atoms with Crippen molar-refractivity contribution in [2.24, 2.45) is 0 Å². The Morgan fingerprint density at radius 2 is 1.62 bits per heavy atom. The molecule has 7 heteroatoms. The molecule has 1 unspecified atom stereocenters. The number of ketones is 1. The zero-order valence-corrected chi connectivity index (χ0v) is 16.3. The largest absolute Gasteiger partial charge is 0.503 e. The molecule has 0 bridgehead atoms. The molecule has 1 amide bonds. The number of Topliss-reactive ketones (excluding diaryl/α,β-unsaturated/α-hetero) is 1. The van der Waals surface area contributed by atoms with Gasteiger partial charge in [0.1, 0.15) is 11.5 Å². The molecule has 29 heavy (non-hydrogen) atoms. The third kappa shape index (κ3) is 3.85. The van der Waals surface area contributed by atoms with Crippen LogP contribution in [0.4, 0.5) is 5.69 Å². The van der Waals surface area contributed by atoms with Gasteiger partial charge in [-0.15, -0.1) is 0 Å². The van der Waals surface area contributed by atoms with Gasteiger partial charge in [-0.05, 0) is 42.0 Å². The van der Waals surface area contributed by atoms with E-state index in [4.69, 9.17) is 9.47 Å². The first kappa shape index (κ1) is 20.1. The molecule has 0 aliphatic carbocycles. The van der Waals surface area contributed by atoms with E-state index >= 15 is 0 Å². The number of rotatable bonds is 6. The molecule has 1 atom stereocenters. The highest BCUT2D eigenvalue weighted by Gasteiger charge is 2.43. The lowest BCUT2D eigenvalue weighted by atomic mass is 9.95. The van der Waals surface area contributed by atoms with E-state index < -0.39 is 23.7 Å². The fourth-order valence-electron chi connectivity index (χ4n) is 3.29. The van der Waals surface area contributed by atoms with Crippen molar-refractivity contribution in [2.45, 2.75) is 26.3 Å². The summed E-state index contributed by atoms with van der Waals surface area (Å²) >= 11 is 0. The maximum Gasteiger partial charge on any atom is 0.308 e. The van der Waals surface area contributed by atoms with Crippen molar-refractivity contribution in [3.8, 4) is 11.5 Å². The lowest BCUT2D eigenvalue weighted by Crippen LogP contribution is -2.30. The Hall–Kier alpha value is -3.61. The van der Waals surface area contributed by atoms with Crippen LogP contribution in [0.15, 0.2) is 59.9 Å². The van der Waals surface area contributed by atoms with Crippen molar-refractivity contribution < 1.29 is 29.0 Å². The third-order valence-corrected chi connectivity index (χ3v) is 4.64. The summed E-state index contributed by atoms with van der Waals surface area (Å²) in [5, 5.41) is 10.5. The number of hydrogen-bond acceptors (Lipinski definition) is 6. The summed E-state index contributed by atoms with van der Waals surface area (Å²) < 4.78 is 10.2. The van der Waals surface area contributed by atoms with E-state index in [0.717, 1.165) is 0 Å². The number of hydrogen-bond donors (Lipinski definition) is 1. The minimum atomic E-state index is -0.797. The predicted octanol–water partition coefficient (Wildman–Crippen LogP) is 3.50. The predicted molar refractivity (Wildman–Crippen MR) is 106 cm³/mol. The van der Waals surface area contributed by atoms with Crippen molar-refractivity contribution in [3.63, 3.8) is 0 Å². The lowest BCUT2D eigenvalue weighted by Gasteiger charge is -2.27. The number of nitrogens with zero attached hydrogens (tertiary/aromatic N) is 1. The minimum absolute atomic E-state index is 0.0496. The first-order chi connectivity index (χ1) is 13.9. The molecule has 1 N–H and O–H groups in total. The summed E-state index contributed by atoms with van der Waals surface area (Å²) in [6, 6.07) is 12.4. The standard InChI is InChI=1S/C22H21NO6/c1-4-18(25)19-20(14-5-9-17(10-6-14)29-13(2)24)23(22(27)21(19)26)15-7-11-16(28-3)12-8-15/h5-12,20,26H,4H2,1-3H3. The number of ether oxygens (including phenoxy) is 2. The van der Waals surface area contributed by atoms with Crippen LogP contribution in [0, 0.1) is 0 Å². The Labute approximate surface area is 168 Å². The zero-order valence-electron chi connectivity index (χ0n) is 16.3. The van der Waals surface area contributed by atoms with Crippen molar-refractivity contribution in [3.05, 3.63) is 65.4 Å². The number of benzene rings is 2. The van der Waals surface area contributed by atoms with Crippen LogP contribution in [0.25, 0.3) is 0 Å². The maximum absolute atomic E-state index is 12.9. The molecule has 2 aromatic carbocycles. The van der Waals surface area contributed by atoms with Crippen LogP contribution in [0.1, 0.15) is 31.9 Å². The molecular formula is C22H21NO6. The van der Waals surface area contributed by atoms with E-state index in [2.05, 4.69) is 0 Å². The third-order valence-electron chi connectivity index (χ3n) is 4.64. The fourth-order valence-corrected chi connectivity index (χ4v) is 3.29. The van der Waals surface area contributed by atoms with Gasteiger partial charge in [0.15, 0.2) is 11.5 Å². The summed E-state index contributed by atoms with van der Waals surface area (Å²) in [5.74, 6) is -1.01. The summed E-state index contributed by atoms with van der Waals surface area (Å²) in [4.78, 5) is 37.9. The molecule has 1 aliphatic rings. The highest BCUT2D eigenvalue weighted by molar-refractivity contribution is 6.16. The van der Waals surface area contributed by atoms with Gasteiger partial charge in [-0.25, -0.2) is 0 Å². The highest BCUT2D eigenvalue weighted by Crippen LogP contribution is 2.41. The number of methoxy groups -OCH3 is 1. The molecule has 0 saturated heterocycles. The van der Waals surface area contributed by atoms with Crippen molar-refractivity contribution in [1.29, 1.82) is 0 Å². The van der Waals surface area contributed by atoms with Crippen LogP contribution in [0.3, 0.4) is 0 Å². The number of carbonyl (C=O) groups excluding carboxylic acids is 3. The number of carbonyl (C=O) groups is 3. The van der Waals surface area contributed by atoms with Gasteiger partial charge in [0.05, 0.1) is 18.7 Å². The molecule has 0 saturated carbocycles. The Bertz CT molecular complexity index is 975. The average Bonchev–Trinajstić information content (AvgIpc) is 2.98. The second kappa shape index (κ2) is 8.18. The normalized spacial score (nSPS) is 16.2. The van der Waals surface area contributed by atoms with E-state index in [1.54, 1.807) is 55.5 Å². The molecular weight excluding hydrogens is 374 g/mol. The van der Waals surface area contributed by atoms with E-state index in [1.165, 1.54) is 18.9 Å². The lowest BCUT2D eigenvalue weighted by molar-refractivity contribution is -0.131. The number of aliphatic hydroxyl groups is 1. The zero-order chi connectivity index (χ0) is 21.1. The fraction of sp³-hybridized carbons (Fsp3) is 0.227. The van der Waals surface area contributed by atoms with Crippen LogP contribution < -0.4 is 14.4 Å². The average molecular weight is 395 g/mol. The van der Waals surface area contributed by atoms with E-state index in [0.29, 0.717) is 22.7 Å². The molecule has 0 fully saturated rings. The first-order valence-corrected chi connectivity index (χ1v) is 9.09. The second-order valence-electron chi connectivity index (χ2n) is 6.48. The summed E-state index contributed by atoms with van der Waals surface area (Å²) in [5.41, 5.74) is 1.16. The molecule has 150 valence electrons. The van der Waals surface area contributed by atoms with Crippen LogP contribution in [-0.4, -0.2) is 29.9 Å². The molecule has 2 aromatic rings. The van der Waals surface area contributed by atoms with E-state index in [9.17, 15) is 19.5 Å². The van der Waals surface area contributed by atoms with Gasteiger partial charge in [-0.3, -0.25) is 19.3 Å². The summed E-state index contributed by atoms with van der Waals surface area (Å²) in [6.07, 6.45) is 0.144. The van der Waals surface area contributed by atoms with Crippen molar-refractivity contribution in [1.82, 2.24) is 0 Å². The van der Waals surface area contributed by atoms with Gasteiger partial charge in [-0.1, -0.05) is 19.1 Å². The molecule has 0 spiro atoms. The summed E-state index contributed by atoms with van der Waals surface area (Å²) in [7, 11) is 1.54. The molecule has 0 aromatic heterocycles. The SMILES string of the molecule is CCC(=O)C1=C(O)C(=O)N(c2ccc(OC)cc2)C1c1ccc(OC(C)=O)cc1. The van der Waals surface area contributed by atoms with Crippen LogP contribution >= 0.6 is 0 Å². The monoisotopic (exact) mass is 395 g/mol. The Kier molecular flexibility index (Phi) is 5.68. The maximum atomic E-state index is 12.9. The van der Waals surface area contributed by atoms with Gasteiger partial charge in [0.2, 0.25) is 0 Å². The van der Waals surface area contributed by atoms with Crippen molar-refractivity contribution >= 4 is 23.3 Å². The van der Waals surface area contributed by atoms with E-state index in [1.807, 2.05) is 0 Å². The molecule has 0 radical (unpaired) electrons. The Morgan fingerprint density at radius 3 is 2.14 bits per heavy atom. The van der Waals surface area contributed by atoms with Crippen LogP contribution in [-0.2, 0) is 14.4 Å². The van der Waals surface area contributed by atoms with Gasteiger partial charge < -0.3 is 14.6 Å². The Morgan fingerprint density at radius 1 is 1.03 bits per heavy atom. The first-order valence-electron chi connectivity index (χ1n) is 9.09. The van der Waals surface area contributed by atoms with Gasteiger partial charge >= 0.3 is 5.97 Å². The van der Waals surface area contributed by atoms with E-state index in [-0.39, 0.29) is 17.8 Å². The topological polar surface area (TPSA) is 93.1 Å².